The first-order chi connectivity index (χ1) is 9.33. The molecule has 2 fully saturated rings. The lowest BCUT2D eigenvalue weighted by atomic mass is 10.1. The lowest BCUT2D eigenvalue weighted by Gasteiger charge is -2.33. The first kappa shape index (κ1) is 15.3. The van der Waals surface area contributed by atoms with Crippen molar-refractivity contribution in [3.05, 3.63) is 0 Å². The average Bonchev–Trinajstić information content (AvgIpc) is 3.10. The molecule has 1 unspecified atom stereocenters. The topological polar surface area (TPSA) is 60.9 Å². The predicted molar refractivity (Wildman–Crippen MR) is 76.0 cm³/mol. The van der Waals surface area contributed by atoms with Gasteiger partial charge in [-0.3, -0.25) is 9.59 Å². The maximum atomic E-state index is 12.6. The average molecular weight is 282 g/mol. The molecule has 1 saturated heterocycles. The van der Waals surface area contributed by atoms with E-state index in [1.54, 1.807) is 23.6 Å². The summed E-state index contributed by atoms with van der Waals surface area (Å²) in [6.07, 6.45) is 3.59. The van der Waals surface area contributed by atoms with Crippen LogP contribution in [0.25, 0.3) is 0 Å². The summed E-state index contributed by atoms with van der Waals surface area (Å²) in [7, 11) is 0. The molecule has 1 N–H and O–H groups in total. The van der Waals surface area contributed by atoms with Crippen molar-refractivity contribution < 1.29 is 14.7 Å². The van der Waals surface area contributed by atoms with E-state index in [0.29, 0.717) is 19.6 Å². The van der Waals surface area contributed by atoms with Crippen molar-refractivity contribution in [2.45, 2.75) is 58.1 Å². The van der Waals surface area contributed by atoms with Crippen molar-refractivity contribution in [2.75, 3.05) is 19.6 Å². The van der Waals surface area contributed by atoms with E-state index in [1.165, 1.54) is 0 Å². The van der Waals surface area contributed by atoms with Crippen LogP contribution in [0.2, 0.25) is 0 Å². The van der Waals surface area contributed by atoms with Crippen LogP contribution in [0.4, 0.5) is 0 Å². The molecular weight excluding hydrogens is 256 g/mol. The van der Waals surface area contributed by atoms with Crippen LogP contribution in [0.3, 0.4) is 0 Å². The number of hydrogen-bond donors (Lipinski definition) is 1. The van der Waals surface area contributed by atoms with E-state index in [2.05, 4.69) is 0 Å². The van der Waals surface area contributed by atoms with Crippen molar-refractivity contribution in [2.24, 2.45) is 5.92 Å². The van der Waals surface area contributed by atoms with E-state index >= 15 is 0 Å². The number of hydrogen-bond acceptors (Lipinski definition) is 3. The SMILES string of the molecule is CCN(CC(C)(C)O)C(=O)C1CCCN1C(=O)C1CC1. The smallest absolute Gasteiger partial charge is 0.245 e. The van der Waals surface area contributed by atoms with Crippen molar-refractivity contribution in [1.82, 2.24) is 9.80 Å². The molecule has 0 bridgehead atoms. The van der Waals surface area contributed by atoms with Gasteiger partial charge in [-0.15, -0.1) is 0 Å². The molecular formula is C15H26N2O3. The Hall–Kier alpha value is -1.10. The molecule has 5 nitrogen and oxygen atoms in total. The predicted octanol–water partition coefficient (Wildman–Crippen LogP) is 1.01. The molecule has 2 aliphatic rings. The minimum atomic E-state index is -0.907. The van der Waals surface area contributed by atoms with Crippen molar-refractivity contribution >= 4 is 11.8 Å². The van der Waals surface area contributed by atoms with Crippen LogP contribution in [0.5, 0.6) is 0 Å². The molecule has 1 aliphatic heterocycles. The van der Waals surface area contributed by atoms with Gasteiger partial charge in [-0.25, -0.2) is 0 Å². The number of aliphatic hydroxyl groups is 1. The fourth-order valence-electron chi connectivity index (χ4n) is 2.88. The van der Waals surface area contributed by atoms with Gasteiger partial charge in [-0.2, -0.15) is 0 Å². The largest absolute Gasteiger partial charge is 0.389 e. The summed E-state index contributed by atoms with van der Waals surface area (Å²) in [6, 6.07) is -0.314. The first-order valence-electron chi connectivity index (χ1n) is 7.65. The highest BCUT2D eigenvalue weighted by Gasteiger charge is 2.42. The van der Waals surface area contributed by atoms with Gasteiger partial charge >= 0.3 is 0 Å². The lowest BCUT2D eigenvalue weighted by Crippen LogP contribution is -2.51. The van der Waals surface area contributed by atoms with Gasteiger partial charge in [0.1, 0.15) is 6.04 Å². The Morgan fingerprint density at radius 1 is 1.30 bits per heavy atom. The van der Waals surface area contributed by atoms with Crippen LogP contribution in [0.1, 0.15) is 46.5 Å². The van der Waals surface area contributed by atoms with Gasteiger partial charge in [-0.1, -0.05) is 0 Å². The lowest BCUT2D eigenvalue weighted by molar-refractivity contribution is -0.146. The molecule has 5 heteroatoms. The molecule has 1 atom stereocenters. The van der Waals surface area contributed by atoms with E-state index in [-0.39, 0.29) is 23.8 Å². The van der Waals surface area contributed by atoms with Crippen molar-refractivity contribution in [3.63, 3.8) is 0 Å². The van der Waals surface area contributed by atoms with Gasteiger partial charge in [0.15, 0.2) is 0 Å². The van der Waals surface area contributed by atoms with Crippen LogP contribution >= 0.6 is 0 Å². The molecule has 2 amide bonds. The third-order valence-electron chi connectivity index (χ3n) is 4.02. The molecule has 0 aromatic rings. The summed E-state index contributed by atoms with van der Waals surface area (Å²) in [4.78, 5) is 28.3. The standard InChI is InChI=1S/C15H26N2O3/c1-4-16(10-15(2,3)20)14(19)12-6-5-9-17(12)13(18)11-7-8-11/h11-12,20H,4-10H2,1-3H3. The number of amides is 2. The molecule has 0 spiro atoms. The zero-order chi connectivity index (χ0) is 14.9. The molecule has 1 heterocycles. The second kappa shape index (κ2) is 5.72. The molecule has 1 saturated carbocycles. The van der Waals surface area contributed by atoms with Crippen LogP contribution < -0.4 is 0 Å². The second-order valence-corrected chi connectivity index (χ2v) is 6.63. The van der Waals surface area contributed by atoms with Gasteiger partial charge in [0.05, 0.1) is 5.60 Å². The first-order valence-corrected chi connectivity index (χ1v) is 7.65. The van der Waals surface area contributed by atoms with Crippen LogP contribution in [-0.2, 0) is 9.59 Å². The Morgan fingerprint density at radius 3 is 2.45 bits per heavy atom. The number of rotatable bonds is 5. The quantitative estimate of drug-likeness (QED) is 0.818. The number of carbonyl (C=O) groups is 2. The Labute approximate surface area is 120 Å². The maximum absolute atomic E-state index is 12.6. The fraction of sp³-hybridized carbons (Fsp3) is 0.867. The number of carbonyl (C=O) groups excluding carboxylic acids is 2. The minimum absolute atomic E-state index is 0.0128. The van der Waals surface area contributed by atoms with Gasteiger partial charge in [0.25, 0.3) is 0 Å². The summed E-state index contributed by atoms with van der Waals surface area (Å²) in [5, 5.41) is 9.91. The minimum Gasteiger partial charge on any atom is -0.389 e. The zero-order valence-electron chi connectivity index (χ0n) is 12.8. The molecule has 0 aromatic heterocycles. The molecule has 114 valence electrons. The van der Waals surface area contributed by atoms with E-state index in [4.69, 9.17) is 0 Å². The summed E-state index contributed by atoms with van der Waals surface area (Å²) in [5.74, 6) is 0.300. The normalized spacial score (nSPS) is 23.0. The Kier molecular flexibility index (Phi) is 4.37. The van der Waals surface area contributed by atoms with Gasteiger partial charge < -0.3 is 14.9 Å². The van der Waals surface area contributed by atoms with Crippen LogP contribution in [0.15, 0.2) is 0 Å². The Balaban J connectivity index is 2.03. The van der Waals surface area contributed by atoms with Crippen LogP contribution in [0, 0.1) is 5.92 Å². The summed E-state index contributed by atoms with van der Waals surface area (Å²) in [6.45, 7) is 6.88. The second-order valence-electron chi connectivity index (χ2n) is 6.63. The summed E-state index contributed by atoms with van der Waals surface area (Å²) in [5.41, 5.74) is -0.907. The van der Waals surface area contributed by atoms with E-state index in [1.807, 2.05) is 6.92 Å². The van der Waals surface area contributed by atoms with Crippen molar-refractivity contribution in [1.29, 1.82) is 0 Å². The van der Waals surface area contributed by atoms with E-state index in [9.17, 15) is 14.7 Å². The number of likely N-dealkylation sites (tertiary alicyclic amines) is 1. The highest BCUT2D eigenvalue weighted by atomic mass is 16.3. The highest BCUT2D eigenvalue weighted by Crippen LogP contribution is 2.34. The zero-order valence-corrected chi connectivity index (χ0v) is 12.8. The Morgan fingerprint density at radius 2 is 1.95 bits per heavy atom. The fourth-order valence-corrected chi connectivity index (χ4v) is 2.88. The third kappa shape index (κ3) is 3.51. The van der Waals surface area contributed by atoms with E-state index < -0.39 is 5.60 Å². The van der Waals surface area contributed by atoms with Crippen LogP contribution in [-0.4, -0.2) is 58.0 Å². The summed E-state index contributed by atoms with van der Waals surface area (Å²) >= 11 is 0. The molecule has 0 radical (unpaired) electrons. The Bertz CT molecular complexity index is 385. The molecule has 2 rings (SSSR count). The molecule has 1 aliphatic carbocycles. The van der Waals surface area contributed by atoms with Gasteiger partial charge in [0, 0.05) is 25.6 Å². The monoisotopic (exact) mass is 282 g/mol. The summed E-state index contributed by atoms with van der Waals surface area (Å²) < 4.78 is 0. The third-order valence-corrected chi connectivity index (χ3v) is 4.02. The molecule has 0 aromatic carbocycles. The molecule has 20 heavy (non-hydrogen) atoms. The van der Waals surface area contributed by atoms with Gasteiger partial charge in [0.2, 0.25) is 11.8 Å². The maximum Gasteiger partial charge on any atom is 0.245 e. The number of likely N-dealkylation sites (N-methyl/N-ethyl adjacent to an activating group) is 1. The van der Waals surface area contributed by atoms with Gasteiger partial charge in [-0.05, 0) is 46.5 Å². The number of nitrogens with zero attached hydrogens (tertiary/aromatic N) is 2. The van der Waals surface area contributed by atoms with E-state index in [0.717, 1.165) is 25.7 Å². The van der Waals surface area contributed by atoms with Crippen molar-refractivity contribution in [3.8, 4) is 0 Å². The highest BCUT2D eigenvalue weighted by molar-refractivity contribution is 5.90.